The fraction of sp³-hybridized carbons (Fsp3) is 0.429. The number of benzene rings is 3. The number of fused-ring (bicyclic) bond motifs is 7. The first kappa shape index (κ1) is 34.4. The van der Waals surface area contributed by atoms with E-state index in [1.165, 1.54) is 38.5 Å². The molecule has 6 unspecified atom stereocenters. The zero-order valence-electron chi connectivity index (χ0n) is 28.2. The second kappa shape index (κ2) is 12.2. The van der Waals surface area contributed by atoms with E-state index < -0.39 is 17.4 Å². The van der Waals surface area contributed by atoms with Crippen LogP contribution >= 0.6 is 24.8 Å². The Balaban J connectivity index is 0.00000186. The van der Waals surface area contributed by atoms with Gasteiger partial charge >= 0.3 is 270 Å². The fourth-order valence-corrected chi connectivity index (χ4v) is 41.0. The maximum absolute atomic E-state index is 4.53. The minimum atomic E-state index is -4.53. The molecular weight excluding hydrogens is 695 g/mol. The molecule has 0 nitrogen and oxygen atoms in total. The van der Waals surface area contributed by atoms with Crippen molar-refractivity contribution in [3.8, 4) is 0 Å². The van der Waals surface area contributed by atoms with Gasteiger partial charge in [-0.25, -0.2) is 0 Å². The van der Waals surface area contributed by atoms with Gasteiger partial charge in [0, 0.05) is 0 Å². The maximum Gasteiger partial charge on any atom is -0.147 e. The maximum atomic E-state index is 2.86. The van der Waals surface area contributed by atoms with Crippen LogP contribution in [0.2, 0.25) is 3.12 Å². The van der Waals surface area contributed by atoms with Crippen molar-refractivity contribution < 1.29 is 17.4 Å². The second-order valence-electron chi connectivity index (χ2n) is 16.0. The molecule has 0 bridgehead atoms. The first-order chi connectivity index (χ1) is 21.2. The van der Waals surface area contributed by atoms with E-state index in [-0.39, 0.29) is 33.4 Å². The predicted octanol–water partition coefficient (Wildman–Crippen LogP) is 9.88. The van der Waals surface area contributed by atoms with Crippen LogP contribution in [0.4, 0.5) is 0 Å². The van der Waals surface area contributed by atoms with Crippen LogP contribution in [0, 0.1) is 29.1 Å². The Hall–Kier alpha value is -1.44. The van der Waals surface area contributed by atoms with Crippen LogP contribution in [0.5, 0.6) is 0 Å². The fourth-order valence-electron chi connectivity index (χ4n) is 12.2. The number of rotatable bonds is 4. The molecule has 0 N–H and O–H groups in total. The summed E-state index contributed by atoms with van der Waals surface area (Å²) in [5.41, 5.74) is 7.25. The molecule has 46 heavy (non-hydrogen) atoms. The average Bonchev–Trinajstić information content (AvgIpc) is 3.74. The third-order valence-corrected chi connectivity index (χ3v) is 46.4. The topological polar surface area (TPSA) is 0 Å². The van der Waals surface area contributed by atoms with Gasteiger partial charge in [-0.2, -0.15) is 0 Å². The van der Waals surface area contributed by atoms with Gasteiger partial charge in [-0.05, 0) is 0 Å². The van der Waals surface area contributed by atoms with Crippen molar-refractivity contribution in [1.29, 1.82) is 0 Å². The van der Waals surface area contributed by atoms with Gasteiger partial charge in [0.2, 0.25) is 0 Å². The monoisotopic (exact) mass is 744 g/mol. The van der Waals surface area contributed by atoms with E-state index in [2.05, 4.69) is 138 Å². The van der Waals surface area contributed by atoms with E-state index in [0.717, 1.165) is 18.3 Å². The van der Waals surface area contributed by atoms with Crippen molar-refractivity contribution in [3.05, 3.63) is 129 Å². The summed E-state index contributed by atoms with van der Waals surface area (Å²) in [6.07, 6.45) is 16.8. The number of hydrogen-bond acceptors (Lipinski definition) is 0. The molecule has 242 valence electrons. The van der Waals surface area contributed by atoms with Crippen LogP contribution in [0.1, 0.15) is 83.3 Å². The molecule has 6 atom stereocenters. The minimum absolute atomic E-state index is 0. The Morgan fingerprint density at radius 3 is 1.96 bits per heavy atom. The summed E-state index contributed by atoms with van der Waals surface area (Å²) in [7, 11) is 0. The molecule has 0 saturated heterocycles. The molecule has 4 heteroatoms. The smallest absolute Gasteiger partial charge is 0.147 e. The van der Waals surface area contributed by atoms with Gasteiger partial charge in [0.15, 0.2) is 0 Å². The molecule has 0 amide bonds. The number of hydrogen-bond donors (Lipinski definition) is 0. The van der Waals surface area contributed by atoms with Gasteiger partial charge in [0.05, 0.1) is 0 Å². The van der Waals surface area contributed by atoms with E-state index in [0.29, 0.717) is 17.8 Å². The molecular formula is C42H52Cl2SiZr. The quantitative estimate of drug-likeness (QED) is 0.184. The minimum Gasteiger partial charge on any atom is -0.147 e. The molecule has 0 radical (unpaired) electrons. The Labute approximate surface area is 292 Å². The van der Waals surface area contributed by atoms with Crippen molar-refractivity contribution in [1.82, 2.24) is 0 Å². The van der Waals surface area contributed by atoms with Gasteiger partial charge in [-0.1, -0.05) is 0 Å². The van der Waals surface area contributed by atoms with Gasteiger partial charge in [0.1, 0.15) is 0 Å². The summed E-state index contributed by atoms with van der Waals surface area (Å²) in [6.45, 7) is 13.5. The number of halogens is 2. The number of allylic oxidation sites excluding steroid dienone is 6. The Kier molecular flexibility index (Phi) is 9.10. The van der Waals surface area contributed by atoms with Crippen molar-refractivity contribution in [3.63, 3.8) is 0 Å². The van der Waals surface area contributed by atoms with Crippen molar-refractivity contribution in [2.75, 3.05) is 0 Å². The average molecular weight is 747 g/mol. The molecule has 5 aliphatic carbocycles. The largest absolute Gasteiger partial charge is 0.147 e. The van der Waals surface area contributed by atoms with Crippen LogP contribution < -0.4 is 6.54 Å². The van der Waals surface area contributed by atoms with Gasteiger partial charge in [0.25, 0.3) is 0 Å². The Morgan fingerprint density at radius 1 is 0.761 bits per heavy atom. The molecule has 0 aliphatic heterocycles. The molecule has 0 aromatic heterocycles. The molecule has 8 rings (SSSR count). The van der Waals surface area contributed by atoms with Crippen LogP contribution in [-0.2, 0) is 23.8 Å². The molecule has 3 aromatic rings. The zero-order valence-corrected chi connectivity index (χ0v) is 33.7. The zero-order chi connectivity index (χ0) is 30.3. The summed E-state index contributed by atoms with van der Waals surface area (Å²) >= 11 is -4.53. The Bertz CT molecular complexity index is 1740. The van der Waals surface area contributed by atoms with Crippen molar-refractivity contribution >= 4 is 38.2 Å². The van der Waals surface area contributed by atoms with Crippen LogP contribution in [-0.4, -0.2) is 6.88 Å². The molecule has 5 aliphatic rings. The molecule has 3 aromatic carbocycles. The molecule has 0 heterocycles. The molecule has 2 saturated carbocycles. The van der Waals surface area contributed by atoms with E-state index in [9.17, 15) is 0 Å². The van der Waals surface area contributed by atoms with Crippen LogP contribution in [0.3, 0.4) is 0 Å². The summed E-state index contributed by atoms with van der Waals surface area (Å²) in [5.74, 6) is 3.60. The summed E-state index contributed by atoms with van der Waals surface area (Å²) in [6, 6.07) is 33.8. The second-order valence-corrected chi connectivity index (χ2v) is 38.4. The van der Waals surface area contributed by atoms with Crippen molar-refractivity contribution in [2.45, 2.75) is 81.7 Å². The van der Waals surface area contributed by atoms with Gasteiger partial charge in [-0.15, -0.1) is 24.8 Å². The normalized spacial score (nSPS) is 31.0. The SMILES string of the molecule is CC1CC2C(=C3Cc4ccccc4C3C3CCCCC23)[C](C)([Zr](=[SiH2])([C]2=CC=CC2)([c]2ccccc2)[c]2ccccc2)C1(C)C.Cl.Cl. The van der Waals surface area contributed by atoms with E-state index in [1.807, 2.05) is 11.1 Å². The van der Waals surface area contributed by atoms with Crippen LogP contribution in [0.25, 0.3) is 0 Å². The summed E-state index contributed by atoms with van der Waals surface area (Å²) in [5, 5.41) is 0. The van der Waals surface area contributed by atoms with Gasteiger partial charge < -0.3 is 0 Å². The van der Waals surface area contributed by atoms with E-state index in [1.54, 1.807) is 21.0 Å². The summed E-state index contributed by atoms with van der Waals surface area (Å²) < 4.78 is 5.16. The molecule has 0 spiro atoms. The van der Waals surface area contributed by atoms with Crippen molar-refractivity contribution in [2.24, 2.45) is 29.1 Å². The third kappa shape index (κ3) is 4.18. The standard InChI is InChI=1S/C25H33.2C6H5.C5H5.2ClH.H2Si.Zr/c1-15-13-21-19-11-7-8-12-20(19)24-18-10-6-5-9-17(18)14-22(24)23(21)16(2)25(15,3)4;2*1-2-4-6-5-3-1;1-2-4-5-3-1;;;;/h5-6,9-10,15,19-21,24H,7-8,11-14H2,1-4H3;2*1-5H;1-3H,4H2;2*1H;1H2;. The molecule has 2 fully saturated rings. The third-order valence-electron chi connectivity index (χ3n) is 14.8. The Morgan fingerprint density at radius 2 is 1.35 bits per heavy atom. The first-order valence-corrected chi connectivity index (χ1v) is 28.4. The summed E-state index contributed by atoms with van der Waals surface area (Å²) in [4.78, 5) is 0. The van der Waals surface area contributed by atoms with E-state index >= 15 is 0 Å². The van der Waals surface area contributed by atoms with Gasteiger partial charge in [-0.3, -0.25) is 0 Å². The van der Waals surface area contributed by atoms with E-state index in [4.69, 9.17) is 0 Å². The first-order valence-electron chi connectivity index (χ1n) is 17.5. The van der Waals surface area contributed by atoms with Crippen LogP contribution in [0.15, 0.2) is 118 Å². The predicted molar refractivity (Wildman–Crippen MR) is 202 cm³/mol.